The number of hydrogen-bond acceptors (Lipinski definition) is 4. The van der Waals surface area contributed by atoms with Gasteiger partial charge in [-0.05, 0) is 50.7 Å². The lowest BCUT2D eigenvalue weighted by Gasteiger charge is -2.26. The number of sulfonamides is 1. The maximum absolute atomic E-state index is 12.3. The summed E-state index contributed by atoms with van der Waals surface area (Å²) in [4.78, 5) is 23.4. The summed E-state index contributed by atoms with van der Waals surface area (Å²) < 4.78 is 26.9. The van der Waals surface area contributed by atoms with Crippen LogP contribution < -0.4 is 10.0 Å². The normalized spacial score (nSPS) is 20.9. The van der Waals surface area contributed by atoms with Crippen LogP contribution >= 0.6 is 0 Å². The van der Waals surface area contributed by atoms with E-state index >= 15 is 0 Å². The molecular formula is C18H26N2O4S. The van der Waals surface area contributed by atoms with E-state index in [9.17, 15) is 18.0 Å². The van der Waals surface area contributed by atoms with E-state index in [1.54, 1.807) is 6.07 Å². The molecule has 1 saturated carbocycles. The van der Waals surface area contributed by atoms with Crippen LogP contribution in [0.25, 0.3) is 0 Å². The molecule has 2 rings (SSSR count). The van der Waals surface area contributed by atoms with E-state index in [4.69, 9.17) is 0 Å². The van der Waals surface area contributed by atoms with Crippen molar-refractivity contribution in [2.45, 2.75) is 56.9 Å². The topological polar surface area (TPSA) is 92.3 Å². The Labute approximate surface area is 149 Å². The summed E-state index contributed by atoms with van der Waals surface area (Å²) in [5, 5.41) is 2.97. The standard InChI is InChI=1S/C18H26N2O4S/c1-13-6-8-16(9-7-13)20-18(22)10-11-19-25(23,24)17-5-3-4-15(12-17)14(2)21/h3-5,12-13,16,19H,6-11H2,1-2H3,(H,20,22). The highest BCUT2D eigenvalue weighted by Crippen LogP contribution is 2.23. The van der Waals surface area contributed by atoms with Gasteiger partial charge < -0.3 is 5.32 Å². The fourth-order valence-electron chi connectivity index (χ4n) is 2.97. The fourth-order valence-corrected chi connectivity index (χ4v) is 4.05. The van der Waals surface area contributed by atoms with E-state index < -0.39 is 10.0 Å². The van der Waals surface area contributed by atoms with Gasteiger partial charge in [0.05, 0.1) is 4.90 Å². The smallest absolute Gasteiger partial charge is 0.240 e. The predicted octanol–water partition coefficient (Wildman–Crippen LogP) is 2.25. The Morgan fingerprint density at radius 2 is 1.84 bits per heavy atom. The van der Waals surface area contributed by atoms with Crippen LogP contribution in [0.15, 0.2) is 29.2 Å². The molecule has 0 aliphatic heterocycles. The summed E-state index contributed by atoms with van der Waals surface area (Å²) in [6.45, 7) is 3.63. The molecule has 2 N–H and O–H groups in total. The van der Waals surface area contributed by atoms with E-state index in [1.807, 2.05) is 0 Å². The molecule has 0 spiro atoms. The van der Waals surface area contributed by atoms with E-state index in [0.717, 1.165) is 25.7 Å². The van der Waals surface area contributed by atoms with E-state index in [1.165, 1.54) is 25.1 Å². The number of benzene rings is 1. The molecule has 0 bridgehead atoms. The zero-order valence-corrected chi connectivity index (χ0v) is 15.6. The molecule has 0 atom stereocenters. The van der Waals surface area contributed by atoms with Crippen LogP contribution in [0.5, 0.6) is 0 Å². The third-order valence-electron chi connectivity index (χ3n) is 4.58. The van der Waals surface area contributed by atoms with Gasteiger partial charge in [0.25, 0.3) is 0 Å². The van der Waals surface area contributed by atoms with Crippen LogP contribution in [0.1, 0.15) is 56.3 Å². The maximum atomic E-state index is 12.3. The highest BCUT2D eigenvalue weighted by molar-refractivity contribution is 7.89. The molecule has 25 heavy (non-hydrogen) atoms. The Morgan fingerprint density at radius 3 is 2.48 bits per heavy atom. The van der Waals surface area contributed by atoms with E-state index in [0.29, 0.717) is 11.5 Å². The van der Waals surface area contributed by atoms with Gasteiger partial charge in [-0.25, -0.2) is 13.1 Å². The lowest BCUT2D eigenvalue weighted by atomic mass is 9.87. The van der Waals surface area contributed by atoms with Gasteiger partial charge in [-0.1, -0.05) is 19.1 Å². The van der Waals surface area contributed by atoms with Crippen molar-refractivity contribution in [2.24, 2.45) is 5.92 Å². The first-order valence-electron chi connectivity index (χ1n) is 8.68. The molecule has 0 saturated heterocycles. The first-order chi connectivity index (χ1) is 11.8. The highest BCUT2D eigenvalue weighted by Gasteiger charge is 2.20. The minimum atomic E-state index is -3.73. The Kier molecular flexibility index (Phi) is 6.72. The number of amides is 1. The van der Waals surface area contributed by atoms with Gasteiger partial charge in [-0.2, -0.15) is 0 Å². The molecule has 1 aromatic carbocycles. The molecule has 0 radical (unpaired) electrons. The van der Waals surface area contributed by atoms with Crippen LogP contribution in [0.2, 0.25) is 0 Å². The highest BCUT2D eigenvalue weighted by atomic mass is 32.2. The monoisotopic (exact) mass is 366 g/mol. The molecular weight excluding hydrogens is 340 g/mol. The molecule has 138 valence electrons. The second kappa shape index (κ2) is 8.58. The van der Waals surface area contributed by atoms with Crippen LogP contribution in [0.3, 0.4) is 0 Å². The molecule has 1 amide bonds. The zero-order chi connectivity index (χ0) is 18.4. The minimum absolute atomic E-state index is 0.0294. The van der Waals surface area contributed by atoms with Gasteiger partial charge in [-0.3, -0.25) is 9.59 Å². The Bertz CT molecular complexity index is 722. The number of carbonyl (C=O) groups is 2. The average Bonchev–Trinajstić information content (AvgIpc) is 2.57. The van der Waals surface area contributed by atoms with Crippen molar-refractivity contribution in [2.75, 3.05) is 6.54 Å². The van der Waals surface area contributed by atoms with Gasteiger partial charge in [0.1, 0.15) is 0 Å². The number of rotatable bonds is 7. The number of ketones is 1. The Hall–Kier alpha value is -1.73. The second-order valence-electron chi connectivity index (χ2n) is 6.76. The molecule has 0 unspecified atom stereocenters. The Balaban J connectivity index is 1.82. The molecule has 1 aliphatic carbocycles. The van der Waals surface area contributed by atoms with Crippen LogP contribution in [-0.2, 0) is 14.8 Å². The predicted molar refractivity (Wildman–Crippen MR) is 95.8 cm³/mol. The first kappa shape index (κ1) is 19.6. The molecule has 0 aromatic heterocycles. The van der Waals surface area contributed by atoms with E-state index in [-0.39, 0.29) is 35.6 Å². The molecule has 7 heteroatoms. The summed E-state index contributed by atoms with van der Waals surface area (Å²) >= 11 is 0. The van der Waals surface area contributed by atoms with Gasteiger partial charge in [0, 0.05) is 24.6 Å². The van der Waals surface area contributed by atoms with Crippen molar-refractivity contribution in [3.8, 4) is 0 Å². The Morgan fingerprint density at radius 1 is 1.16 bits per heavy atom. The van der Waals surface area contributed by atoms with Crippen molar-refractivity contribution in [1.82, 2.24) is 10.0 Å². The largest absolute Gasteiger partial charge is 0.353 e. The third-order valence-corrected chi connectivity index (χ3v) is 6.03. The summed E-state index contributed by atoms with van der Waals surface area (Å²) in [5.74, 6) is 0.378. The van der Waals surface area contributed by atoms with E-state index in [2.05, 4.69) is 17.0 Å². The average molecular weight is 366 g/mol. The number of Topliss-reactive ketones (excluding diaryl/α,β-unsaturated/α-hetero) is 1. The van der Waals surface area contributed by atoms with Crippen LogP contribution in [0.4, 0.5) is 0 Å². The fraction of sp³-hybridized carbons (Fsp3) is 0.556. The molecule has 1 fully saturated rings. The second-order valence-corrected chi connectivity index (χ2v) is 8.52. The summed E-state index contributed by atoms with van der Waals surface area (Å²) in [6, 6.07) is 6.07. The minimum Gasteiger partial charge on any atom is -0.353 e. The third kappa shape index (κ3) is 5.93. The van der Waals surface area contributed by atoms with Crippen molar-refractivity contribution in [1.29, 1.82) is 0 Å². The van der Waals surface area contributed by atoms with Crippen molar-refractivity contribution >= 4 is 21.7 Å². The van der Waals surface area contributed by atoms with Gasteiger partial charge >= 0.3 is 0 Å². The molecule has 1 aliphatic rings. The number of carbonyl (C=O) groups excluding carboxylic acids is 2. The van der Waals surface area contributed by atoms with Crippen molar-refractivity contribution in [3.63, 3.8) is 0 Å². The summed E-state index contributed by atoms with van der Waals surface area (Å²) in [5.41, 5.74) is 0.340. The lowest BCUT2D eigenvalue weighted by molar-refractivity contribution is -0.121. The van der Waals surface area contributed by atoms with Crippen molar-refractivity contribution < 1.29 is 18.0 Å². The SMILES string of the molecule is CC(=O)c1cccc(S(=O)(=O)NCCC(=O)NC2CCC(C)CC2)c1. The lowest BCUT2D eigenvalue weighted by Crippen LogP contribution is -2.39. The quantitative estimate of drug-likeness (QED) is 0.724. The summed E-state index contributed by atoms with van der Waals surface area (Å²) in [7, 11) is -3.73. The number of nitrogens with one attached hydrogen (secondary N) is 2. The molecule has 1 aromatic rings. The zero-order valence-electron chi connectivity index (χ0n) is 14.7. The summed E-state index contributed by atoms with van der Waals surface area (Å²) in [6.07, 6.45) is 4.29. The van der Waals surface area contributed by atoms with Crippen LogP contribution in [-0.4, -0.2) is 32.7 Å². The first-order valence-corrected chi connectivity index (χ1v) is 10.2. The number of hydrogen-bond donors (Lipinski definition) is 2. The maximum Gasteiger partial charge on any atom is 0.240 e. The molecule has 0 heterocycles. The van der Waals surface area contributed by atoms with Gasteiger partial charge in [-0.15, -0.1) is 0 Å². The van der Waals surface area contributed by atoms with Crippen molar-refractivity contribution in [3.05, 3.63) is 29.8 Å². The van der Waals surface area contributed by atoms with Gasteiger partial charge in [0.15, 0.2) is 5.78 Å². The van der Waals surface area contributed by atoms with Gasteiger partial charge in [0.2, 0.25) is 15.9 Å². The van der Waals surface area contributed by atoms with Crippen LogP contribution in [0, 0.1) is 5.92 Å². The molecule has 6 nitrogen and oxygen atoms in total.